The summed E-state index contributed by atoms with van der Waals surface area (Å²) in [6.45, 7) is 4.90. The molecule has 0 amide bonds. The van der Waals surface area contributed by atoms with E-state index in [4.69, 9.17) is 10.4 Å². The van der Waals surface area contributed by atoms with Gasteiger partial charge < -0.3 is 20.7 Å². The Morgan fingerprint density at radius 3 is 2.34 bits per heavy atom. The van der Waals surface area contributed by atoms with Gasteiger partial charge in [0.2, 0.25) is 0 Å². The average molecular weight is 410 g/mol. The van der Waals surface area contributed by atoms with Crippen LogP contribution in [-0.4, -0.2) is 26.4 Å². The Labute approximate surface area is 165 Å². The van der Waals surface area contributed by atoms with Crippen molar-refractivity contribution in [1.82, 2.24) is 5.43 Å². The molecule has 2 atom stereocenters. The number of carbonyl (C=O) groups is 1. The van der Waals surface area contributed by atoms with Crippen LogP contribution in [0.3, 0.4) is 0 Å². The van der Waals surface area contributed by atoms with E-state index in [1.165, 1.54) is 0 Å². The van der Waals surface area contributed by atoms with E-state index in [9.17, 15) is 30.2 Å². The van der Waals surface area contributed by atoms with E-state index in [1.807, 2.05) is 0 Å². The summed E-state index contributed by atoms with van der Waals surface area (Å²) >= 11 is 0. The SMILES string of the molecule is CC1(C)[C@H](C(=O)O)CC[C@]1(C)C(NNc1ccc(N(O)O)cc1[N+](=O)[O-])=C([O-])[O-]. The molecule has 29 heavy (non-hydrogen) atoms. The molecule has 5 N–H and O–H groups in total. The number of allylic oxidation sites excluding steroid dienone is 1. The van der Waals surface area contributed by atoms with Crippen LogP contribution in [0.5, 0.6) is 0 Å². The molecule has 0 aliphatic heterocycles. The summed E-state index contributed by atoms with van der Waals surface area (Å²) in [5, 5.41) is 62.1. The minimum atomic E-state index is -1.57. The Morgan fingerprint density at radius 2 is 1.90 bits per heavy atom. The van der Waals surface area contributed by atoms with Crippen molar-refractivity contribution in [3.8, 4) is 0 Å². The fraction of sp³-hybridized carbons (Fsp3) is 0.471. The molecule has 1 aromatic rings. The molecule has 1 saturated carbocycles. The molecule has 12 heteroatoms. The van der Waals surface area contributed by atoms with Gasteiger partial charge >= 0.3 is 5.97 Å². The smallest absolute Gasteiger partial charge is 0.307 e. The van der Waals surface area contributed by atoms with E-state index < -0.39 is 39.3 Å². The maximum atomic E-state index is 11.8. The van der Waals surface area contributed by atoms with Crippen LogP contribution < -0.4 is 26.3 Å². The number of hydrogen-bond acceptors (Lipinski definition) is 10. The minimum Gasteiger partial charge on any atom is -0.883 e. The van der Waals surface area contributed by atoms with Gasteiger partial charge in [0.1, 0.15) is 11.4 Å². The number of benzene rings is 1. The molecule has 0 unspecified atom stereocenters. The predicted octanol–water partition coefficient (Wildman–Crippen LogP) is 0.513. The summed E-state index contributed by atoms with van der Waals surface area (Å²) in [5.41, 5.74) is 1.50. The Balaban J connectivity index is 2.36. The van der Waals surface area contributed by atoms with Crippen LogP contribution in [-0.2, 0) is 4.79 Å². The molecular formula is C17H22N4O8-2. The van der Waals surface area contributed by atoms with Gasteiger partial charge in [0.15, 0.2) is 0 Å². The second-order valence-corrected chi connectivity index (χ2v) is 7.64. The number of carboxylic acid groups (broad SMARTS) is 1. The van der Waals surface area contributed by atoms with Crippen LogP contribution in [0.15, 0.2) is 29.8 Å². The number of aliphatic carboxylic acids is 1. The van der Waals surface area contributed by atoms with Crippen molar-refractivity contribution in [2.75, 3.05) is 10.7 Å². The van der Waals surface area contributed by atoms with E-state index in [1.54, 1.807) is 20.8 Å². The zero-order valence-corrected chi connectivity index (χ0v) is 16.0. The Kier molecular flexibility index (Phi) is 5.81. The molecule has 0 saturated heterocycles. The molecule has 12 nitrogen and oxygen atoms in total. The van der Waals surface area contributed by atoms with E-state index in [0.717, 1.165) is 18.2 Å². The first-order valence-electron chi connectivity index (χ1n) is 8.63. The lowest BCUT2D eigenvalue weighted by Crippen LogP contribution is -2.46. The molecule has 1 fully saturated rings. The van der Waals surface area contributed by atoms with Crippen LogP contribution in [0.4, 0.5) is 17.1 Å². The number of carboxylic acids is 1. The molecular weight excluding hydrogens is 388 g/mol. The lowest BCUT2D eigenvalue weighted by molar-refractivity contribution is -0.516. The molecule has 0 heterocycles. The number of rotatable bonds is 7. The highest BCUT2D eigenvalue weighted by molar-refractivity contribution is 5.72. The summed E-state index contributed by atoms with van der Waals surface area (Å²) in [4.78, 5) is 22.0. The van der Waals surface area contributed by atoms with Gasteiger partial charge in [-0.3, -0.25) is 30.7 Å². The number of anilines is 2. The van der Waals surface area contributed by atoms with Crippen molar-refractivity contribution in [1.29, 1.82) is 0 Å². The van der Waals surface area contributed by atoms with E-state index in [2.05, 4.69) is 10.9 Å². The molecule has 1 aliphatic rings. The zero-order valence-electron chi connectivity index (χ0n) is 16.0. The molecule has 0 spiro atoms. The summed E-state index contributed by atoms with van der Waals surface area (Å²) < 4.78 is 0. The number of hydrazine groups is 1. The largest absolute Gasteiger partial charge is 0.883 e. The van der Waals surface area contributed by atoms with Crippen molar-refractivity contribution in [2.45, 2.75) is 33.6 Å². The Bertz CT molecular complexity index is 850. The van der Waals surface area contributed by atoms with Gasteiger partial charge in [0.05, 0.1) is 10.8 Å². The fourth-order valence-corrected chi connectivity index (χ4v) is 3.83. The second kappa shape index (κ2) is 7.64. The highest BCUT2D eigenvalue weighted by Gasteiger charge is 2.55. The van der Waals surface area contributed by atoms with E-state index >= 15 is 0 Å². The van der Waals surface area contributed by atoms with Crippen molar-refractivity contribution in [3.05, 3.63) is 40.0 Å². The fourth-order valence-electron chi connectivity index (χ4n) is 3.83. The maximum Gasteiger partial charge on any atom is 0.307 e. The average Bonchev–Trinajstić information content (AvgIpc) is 2.84. The normalized spacial score (nSPS) is 22.6. The summed E-state index contributed by atoms with van der Waals surface area (Å²) in [7, 11) is 0. The lowest BCUT2D eigenvalue weighted by atomic mass is 9.64. The zero-order chi connectivity index (χ0) is 22.1. The first-order valence-corrected chi connectivity index (χ1v) is 8.63. The van der Waals surface area contributed by atoms with Gasteiger partial charge in [-0.2, -0.15) is 5.95 Å². The number of nitro groups is 1. The van der Waals surface area contributed by atoms with Crippen molar-refractivity contribution in [3.63, 3.8) is 0 Å². The minimum absolute atomic E-state index is 0.145. The van der Waals surface area contributed by atoms with Gasteiger partial charge in [0.25, 0.3) is 5.69 Å². The summed E-state index contributed by atoms with van der Waals surface area (Å²) in [5.74, 6) is -3.39. The van der Waals surface area contributed by atoms with Crippen LogP contribution in [0.2, 0.25) is 0 Å². The topological polar surface area (TPSA) is 194 Å². The molecule has 1 aliphatic carbocycles. The first kappa shape index (κ1) is 22.0. The Hall–Kier alpha value is -3.25. The van der Waals surface area contributed by atoms with Crippen molar-refractivity contribution in [2.24, 2.45) is 16.7 Å². The van der Waals surface area contributed by atoms with Gasteiger partial charge in [0, 0.05) is 17.2 Å². The van der Waals surface area contributed by atoms with Crippen LogP contribution in [0.1, 0.15) is 33.6 Å². The third-order valence-corrected chi connectivity index (χ3v) is 6.01. The number of nitrogens with one attached hydrogen (secondary N) is 2. The summed E-state index contributed by atoms with van der Waals surface area (Å²) in [6.07, 6.45) is 0.509. The first-order chi connectivity index (χ1) is 13.3. The van der Waals surface area contributed by atoms with Crippen molar-refractivity contribution < 1.29 is 35.5 Å². The number of nitro benzene ring substituents is 1. The third kappa shape index (κ3) is 3.84. The van der Waals surface area contributed by atoms with Gasteiger partial charge in [-0.25, -0.2) is 0 Å². The molecule has 0 bridgehead atoms. The highest BCUT2D eigenvalue weighted by atomic mass is 16.8. The Morgan fingerprint density at radius 1 is 1.28 bits per heavy atom. The van der Waals surface area contributed by atoms with Crippen LogP contribution in [0.25, 0.3) is 0 Å². The van der Waals surface area contributed by atoms with E-state index in [0.29, 0.717) is 0 Å². The van der Waals surface area contributed by atoms with Gasteiger partial charge in [-0.15, -0.1) is 5.23 Å². The van der Waals surface area contributed by atoms with Gasteiger partial charge in [-0.05, 0) is 30.4 Å². The molecule has 0 radical (unpaired) electrons. The van der Waals surface area contributed by atoms with Crippen LogP contribution in [0, 0.1) is 26.9 Å². The molecule has 160 valence electrons. The standard InChI is InChI=1S/C17H24N4O8/c1-16(2)10(14(22)23)6-7-17(16,3)13(15(24)25)19-18-11-5-4-9(20(26)27)8-12(11)21(28)29/h4-5,8,10,18-19,24-27H,6-7H2,1-3H3,(H,22,23)/p-2/t10-,17+/m0/s1. The quantitative estimate of drug-likeness (QED) is 0.239. The molecule has 2 rings (SSSR count). The predicted molar refractivity (Wildman–Crippen MR) is 95.2 cm³/mol. The maximum absolute atomic E-state index is 11.8. The number of hydrogen-bond donors (Lipinski definition) is 5. The monoisotopic (exact) mass is 410 g/mol. The summed E-state index contributed by atoms with van der Waals surface area (Å²) in [6, 6.07) is 3.16. The molecule has 1 aromatic carbocycles. The number of nitrogens with zero attached hydrogens (tertiary/aromatic N) is 2. The van der Waals surface area contributed by atoms with Gasteiger partial charge in [-0.1, -0.05) is 20.8 Å². The highest BCUT2D eigenvalue weighted by Crippen LogP contribution is 2.59. The second-order valence-electron chi connectivity index (χ2n) is 7.64. The third-order valence-electron chi connectivity index (χ3n) is 6.01. The molecule has 0 aromatic heterocycles. The lowest BCUT2D eigenvalue weighted by Gasteiger charge is -2.46. The van der Waals surface area contributed by atoms with E-state index in [-0.39, 0.29) is 35.1 Å². The van der Waals surface area contributed by atoms with Crippen LogP contribution >= 0.6 is 0 Å². The van der Waals surface area contributed by atoms with Crippen molar-refractivity contribution >= 4 is 23.0 Å².